The SMILES string of the molecule is C=CC(Sc1cc(Oc2ccc(Cl)cc2Cl)ccc1[N+](=O)[O-])C(=O)O. The van der Waals surface area contributed by atoms with Gasteiger partial charge >= 0.3 is 5.97 Å². The lowest BCUT2D eigenvalue weighted by Gasteiger charge is -2.11. The maximum Gasteiger partial charge on any atom is 0.320 e. The lowest BCUT2D eigenvalue weighted by molar-refractivity contribution is -0.387. The van der Waals surface area contributed by atoms with Crippen LogP contribution in [0.3, 0.4) is 0 Å². The molecule has 0 aromatic heterocycles. The number of carbonyl (C=O) groups is 1. The highest BCUT2D eigenvalue weighted by molar-refractivity contribution is 8.01. The number of halogens is 2. The summed E-state index contributed by atoms with van der Waals surface area (Å²) in [4.78, 5) is 21.9. The first-order valence-electron chi connectivity index (χ1n) is 6.75. The maximum atomic E-state index is 11.2. The standard InChI is InChI=1S/C16H11Cl2NO5S/c1-2-14(16(20)21)25-15-8-10(4-5-12(15)19(22)23)24-13-6-3-9(17)7-11(13)18/h2-8,14H,1H2,(H,20,21). The van der Waals surface area contributed by atoms with Gasteiger partial charge in [-0.1, -0.05) is 41.0 Å². The van der Waals surface area contributed by atoms with E-state index in [0.29, 0.717) is 10.8 Å². The largest absolute Gasteiger partial charge is 0.480 e. The first-order valence-corrected chi connectivity index (χ1v) is 8.38. The Morgan fingerprint density at radius 3 is 2.60 bits per heavy atom. The fourth-order valence-electron chi connectivity index (χ4n) is 1.82. The van der Waals surface area contributed by atoms with Crippen LogP contribution in [0.25, 0.3) is 0 Å². The van der Waals surface area contributed by atoms with E-state index in [4.69, 9.17) is 33.0 Å². The van der Waals surface area contributed by atoms with Crippen molar-refractivity contribution in [3.8, 4) is 11.5 Å². The zero-order valence-electron chi connectivity index (χ0n) is 12.5. The quantitative estimate of drug-likeness (QED) is 0.289. The molecule has 2 rings (SSSR count). The molecule has 9 heteroatoms. The Morgan fingerprint density at radius 2 is 2.04 bits per heavy atom. The molecule has 0 fully saturated rings. The first kappa shape index (κ1) is 19.1. The number of thioether (sulfide) groups is 1. The molecule has 0 heterocycles. The predicted octanol–water partition coefficient (Wildman–Crippen LogP) is 5.43. The van der Waals surface area contributed by atoms with Gasteiger partial charge in [-0.25, -0.2) is 0 Å². The van der Waals surface area contributed by atoms with Gasteiger partial charge in [-0.05, 0) is 24.3 Å². The average molecular weight is 400 g/mol. The van der Waals surface area contributed by atoms with Gasteiger partial charge in [0, 0.05) is 17.2 Å². The Bertz CT molecular complexity index is 843. The summed E-state index contributed by atoms with van der Waals surface area (Å²) in [5.41, 5.74) is -0.229. The van der Waals surface area contributed by atoms with Crippen molar-refractivity contribution in [3.63, 3.8) is 0 Å². The molecule has 6 nitrogen and oxygen atoms in total. The number of rotatable bonds is 7. The fourth-order valence-corrected chi connectivity index (χ4v) is 3.19. The molecule has 0 saturated carbocycles. The van der Waals surface area contributed by atoms with E-state index in [1.54, 1.807) is 12.1 Å². The molecule has 0 aliphatic rings. The summed E-state index contributed by atoms with van der Waals surface area (Å²) < 4.78 is 5.62. The molecule has 0 aliphatic heterocycles. The topological polar surface area (TPSA) is 89.7 Å². The number of nitrogens with zero attached hydrogens (tertiary/aromatic N) is 1. The molecule has 2 aromatic carbocycles. The number of aliphatic carboxylic acids is 1. The van der Waals surface area contributed by atoms with Crippen LogP contribution in [-0.2, 0) is 4.79 Å². The zero-order chi connectivity index (χ0) is 18.6. The van der Waals surface area contributed by atoms with Gasteiger partial charge in [0.2, 0.25) is 0 Å². The van der Waals surface area contributed by atoms with Crippen molar-refractivity contribution in [2.75, 3.05) is 0 Å². The molecule has 0 bridgehead atoms. The Labute approximate surface area is 157 Å². The zero-order valence-corrected chi connectivity index (χ0v) is 14.8. The molecule has 1 N–H and O–H groups in total. The van der Waals surface area contributed by atoms with E-state index >= 15 is 0 Å². The summed E-state index contributed by atoms with van der Waals surface area (Å²) in [7, 11) is 0. The van der Waals surface area contributed by atoms with Crippen molar-refractivity contribution in [1.82, 2.24) is 0 Å². The minimum Gasteiger partial charge on any atom is -0.480 e. The number of hydrogen-bond acceptors (Lipinski definition) is 5. The summed E-state index contributed by atoms with van der Waals surface area (Å²) >= 11 is 12.6. The van der Waals surface area contributed by atoms with Crippen LogP contribution in [0.5, 0.6) is 11.5 Å². The molecular formula is C16H11Cl2NO5S. The van der Waals surface area contributed by atoms with Gasteiger partial charge in [-0.15, -0.1) is 6.58 Å². The summed E-state index contributed by atoms with van der Waals surface area (Å²) in [5, 5.41) is 19.9. The van der Waals surface area contributed by atoms with Crippen LogP contribution in [0, 0.1) is 10.1 Å². The van der Waals surface area contributed by atoms with E-state index in [2.05, 4.69) is 6.58 Å². The van der Waals surface area contributed by atoms with Crippen molar-refractivity contribution >= 4 is 46.6 Å². The van der Waals surface area contributed by atoms with Crippen LogP contribution >= 0.6 is 35.0 Å². The second-order valence-electron chi connectivity index (χ2n) is 4.68. The van der Waals surface area contributed by atoms with Gasteiger partial charge in [0.15, 0.2) is 0 Å². The Kier molecular flexibility index (Phi) is 6.30. The van der Waals surface area contributed by atoms with Gasteiger partial charge in [0.05, 0.1) is 14.8 Å². The maximum absolute atomic E-state index is 11.2. The van der Waals surface area contributed by atoms with Crippen molar-refractivity contribution < 1.29 is 19.6 Å². The molecule has 0 aliphatic carbocycles. The first-order chi connectivity index (χ1) is 11.8. The van der Waals surface area contributed by atoms with E-state index < -0.39 is 16.1 Å². The monoisotopic (exact) mass is 399 g/mol. The van der Waals surface area contributed by atoms with Crippen LogP contribution in [-0.4, -0.2) is 21.2 Å². The summed E-state index contributed by atoms with van der Waals surface area (Å²) in [5.74, 6) is -0.568. The highest BCUT2D eigenvalue weighted by atomic mass is 35.5. The Morgan fingerprint density at radius 1 is 1.32 bits per heavy atom. The smallest absolute Gasteiger partial charge is 0.320 e. The molecule has 1 atom stereocenters. The van der Waals surface area contributed by atoms with Crippen LogP contribution in [0.15, 0.2) is 53.9 Å². The lowest BCUT2D eigenvalue weighted by atomic mass is 10.3. The Balaban J connectivity index is 2.37. The van der Waals surface area contributed by atoms with Crippen LogP contribution in [0.1, 0.15) is 0 Å². The third-order valence-electron chi connectivity index (χ3n) is 2.96. The number of carboxylic acid groups (broad SMARTS) is 1. The summed E-state index contributed by atoms with van der Waals surface area (Å²) in [6.07, 6.45) is 1.19. The highest BCUT2D eigenvalue weighted by Crippen LogP contribution is 2.38. The molecule has 0 radical (unpaired) electrons. The minimum atomic E-state index is -1.15. The second-order valence-corrected chi connectivity index (χ2v) is 6.70. The van der Waals surface area contributed by atoms with Crippen molar-refractivity contribution in [2.24, 2.45) is 0 Å². The number of carboxylic acids is 1. The second kappa shape index (κ2) is 8.24. The van der Waals surface area contributed by atoms with Gasteiger partial charge in [0.1, 0.15) is 16.7 Å². The van der Waals surface area contributed by atoms with Crippen LogP contribution in [0.4, 0.5) is 5.69 Å². The van der Waals surface area contributed by atoms with Crippen molar-refractivity contribution in [1.29, 1.82) is 0 Å². The molecule has 25 heavy (non-hydrogen) atoms. The molecular weight excluding hydrogens is 389 g/mol. The van der Waals surface area contributed by atoms with E-state index in [9.17, 15) is 14.9 Å². The number of hydrogen-bond donors (Lipinski definition) is 1. The van der Waals surface area contributed by atoms with Gasteiger partial charge in [-0.2, -0.15) is 0 Å². The van der Waals surface area contributed by atoms with Crippen LogP contribution < -0.4 is 4.74 Å². The molecule has 130 valence electrons. The number of nitro groups is 1. The number of nitro benzene ring substituents is 1. The normalized spacial score (nSPS) is 11.6. The van der Waals surface area contributed by atoms with Crippen molar-refractivity contribution in [3.05, 3.63) is 69.2 Å². The molecule has 0 saturated heterocycles. The van der Waals surface area contributed by atoms with Gasteiger partial charge in [-0.3, -0.25) is 14.9 Å². The van der Waals surface area contributed by atoms with Crippen molar-refractivity contribution in [2.45, 2.75) is 10.1 Å². The fraction of sp³-hybridized carbons (Fsp3) is 0.0625. The van der Waals surface area contributed by atoms with Gasteiger partial charge in [0.25, 0.3) is 5.69 Å². The average Bonchev–Trinajstić information content (AvgIpc) is 2.54. The van der Waals surface area contributed by atoms with Gasteiger partial charge < -0.3 is 9.84 Å². The number of ether oxygens (including phenoxy) is 1. The third kappa shape index (κ3) is 4.88. The molecule has 2 aromatic rings. The summed E-state index contributed by atoms with van der Waals surface area (Å²) in [6.45, 7) is 3.43. The summed E-state index contributed by atoms with van der Waals surface area (Å²) in [6, 6.07) is 8.66. The highest BCUT2D eigenvalue weighted by Gasteiger charge is 2.22. The molecule has 0 spiro atoms. The van der Waals surface area contributed by atoms with E-state index in [0.717, 1.165) is 11.8 Å². The van der Waals surface area contributed by atoms with Crippen LogP contribution in [0.2, 0.25) is 10.0 Å². The molecule has 1 unspecified atom stereocenters. The number of benzene rings is 2. The molecule has 0 amide bonds. The third-order valence-corrected chi connectivity index (χ3v) is 4.72. The van der Waals surface area contributed by atoms with E-state index in [1.165, 1.54) is 30.3 Å². The minimum absolute atomic E-state index is 0.139. The lowest BCUT2D eigenvalue weighted by Crippen LogP contribution is -2.13. The van der Waals surface area contributed by atoms with E-state index in [-0.39, 0.29) is 21.4 Å². The predicted molar refractivity (Wildman–Crippen MR) is 97.1 cm³/mol. The Hall–Kier alpha value is -2.22. The van der Waals surface area contributed by atoms with E-state index in [1.807, 2.05) is 0 Å².